The Balaban J connectivity index is 1.44. The molecule has 5 N–H and O–H groups in total. The lowest BCUT2D eigenvalue weighted by molar-refractivity contribution is -0.251. The van der Waals surface area contributed by atoms with Crippen molar-refractivity contribution in [2.45, 2.75) is 116 Å². The third-order valence-corrected chi connectivity index (χ3v) is 12.2. The standard InChI is InChI=1S/C29H48O7/c1-13(2)15-10-20(36-21(32)11-15)14(3)17-12-19(31)23-22-16(6-8-29(17,23)5)28(4)9-7-18(30)25(33)24(28)27(35)26(22)34/h13-18,20-27,30,32-35H,6-12H2,1-5H3/t14-,15-,16-,17+,18+,20-,21-,22+,23+,24+,25-,26+,27+,28+,29+/m0/s1. The van der Waals surface area contributed by atoms with E-state index in [-0.39, 0.29) is 46.9 Å². The van der Waals surface area contributed by atoms with Gasteiger partial charge in [0.15, 0.2) is 6.29 Å². The summed E-state index contributed by atoms with van der Waals surface area (Å²) in [6.07, 6.45) is -0.315. The van der Waals surface area contributed by atoms with Crippen LogP contribution in [-0.2, 0) is 9.53 Å². The van der Waals surface area contributed by atoms with E-state index in [1.807, 2.05) is 0 Å². The van der Waals surface area contributed by atoms with Gasteiger partial charge < -0.3 is 30.3 Å². The number of Topliss-reactive ketones (excluding diaryl/α,β-unsaturated/α-hetero) is 1. The maximum absolute atomic E-state index is 13.8. The van der Waals surface area contributed by atoms with Crippen LogP contribution in [-0.4, -0.2) is 68.1 Å². The van der Waals surface area contributed by atoms with E-state index in [1.165, 1.54) is 0 Å². The third kappa shape index (κ3) is 3.86. The van der Waals surface area contributed by atoms with Gasteiger partial charge in [-0.3, -0.25) is 4.79 Å². The fourth-order valence-electron chi connectivity index (χ4n) is 10.1. The number of hydrogen-bond acceptors (Lipinski definition) is 7. The van der Waals surface area contributed by atoms with Crippen LogP contribution in [0.4, 0.5) is 0 Å². The molecule has 1 saturated heterocycles. The summed E-state index contributed by atoms with van der Waals surface area (Å²) >= 11 is 0. The third-order valence-electron chi connectivity index (χ3n) is 12.2. The molecule has 15 atom stereocenters. The van der Waals surface area contributed by atoms with Crippen LogP contribution in [0.15, 0.2) is 0 Å². The predicted octanol–water partition coefficient (Wildman–Crippen LogP) is 2.50. The fraction of sp³-hybridized carbons (Fsp3) is 0.966. The Morgan fingerprint density at radius 1 is 0.889 bits per heavy atom. The Morgan fingerprint density at radius 2 is 1.56 bits per heavy atom. The van der Waals surface area contributed by atoms with Crippen LogP contribution in [0.1, 0.15) is 79.6 Å². The van der Waals surface area contributed by atoms with Gasteiger partial charge in [-0.25, -0.2) is 0 Å². The first kappa shape index (κ1) is 27.0. The van der Waals surface area contributed by atoms with E-state index in [9.17, 15) is 30.3 Å². The van der Waals surface area contributed by atoms with Crippen LogP contribution in [0, 0.1) is 58.2 Å². The second-order valence-corrected chi connectivity index (χ2v) is 14.1. The largest absolute Gasteiger partial charge is 0.390 e. The number of ketones is 1. The summed E-state index contributed by atoms with van der Waals surface area (Å²) in [7, 11) is 0. The lowest BCUT2D eigenvalue weighted by atomic mass is 9.42. The molecule has 0 unspecified atom stereocenters. The SMILES string of the molecule is CC(C)[C@@H]1C[C@@H](O)O[C@H]([C@@H](C)[C@H]2CC(=O)[C@@H]3[C@@H]4[C@@H](O)[C@H](O)[C@H]5[C@@H](O)[C@H](O)CC[C@]5(C)[C@H]4CC[C@]23C)C1. The van der Waals surface area contributed by atoms with Crippen molar-refractivity contribution in [2.75, 3.05) is 0 Å². The zero-order valence-electron chi connectivity index (χ0n) is 22.6. The molecule has 0 bridgehead atoms. The molecule has 206 valence electrons. The maximum atomic E-state index is 13.8. The first-order chi connectivity index (χ1) is 16.8. The molecule has 5 aliphatic rings. The van der Waals surface area contributed by atoms with Crippen LogP contribution in [0.3, 0.4) is 0 Å². The molecule has 36 heavy (non-hydrogen) atoms. The number of aliphatic hydroxyl groups excluding tert-OH is 5. The van der Waals surface area contributed by atoms with Crippen LogP contribution in [0.2, 0.25) is 0 Å². The van der Waals surface area contributed by atoms with Crippen molar-refractivity contribution in [1.82, 2.24) is 0 Å². The zero-order valence-corrected chi connectivity index (χ0v) is 22.6. The van der Waals surface area contributed by atoms with E-state index in [0.29, 0.717) is 37.5 Å². The van der Waals surface area contributed by atoms with Crippen molar-refractivity contribution in [3.8, 4) is 0 Å². The fourth-order valence-corrected chi connectivity index (χ4v) is 10.1. The molecular formula is C29H48O7. The number of fused-ring (bicyclic) bond motifs is 5. The van der Waals surface area contributed by atoms with Crippen LogP contribution >= 0.6 is 0 Å². The van der Waals surface area contributed by atoms with Gasteiger partial charge in [0.25, 0.3) is 0 Å². The highest BCUT2D eigenvalue weighted by molar-refractivity contribution is 5.85. The van der Waals surface area contributed by atoms with Crippen molar-refractivity contribution in [3.05, 3.63) is 0 Å². The molecule has 4 aliphatic carbocycles. The molecule has 4 saturated carbocycles. The molecule has 7 nitrogen and oxygen atoms in total. The van der Waals surface area contributed by atoms with E-state index in [0.717, 1.165) is 19.3 Å². The summed E-state index contributed by atoms with van der Waals surface area (Å²) in [6, 6.07) is 0. The van der Waals surface area contributed by atoms with Gasteiger partial charge >= 0.3 is 0 Å². The molecular weight excluding hydrogens is 460 g/mol. The van der Waals surface area contributed by atoms with Gasteiger partial charge in [-0.1, -0.05) is 34.6 Å². The molecule has 1 aliphatic heterocycles. The van der Waals surface area contributed by atoms with E-state index in [4.69, 9.17) is 4.74 Å². The molecule has 0 radical (unpaired) electrons. The minimum Gasteiger partial charge on any atom is -0.390 e. The summed E-state index contributed by atoms with van der Waals surface area (Å²) in [5.41, 5.74) is -0.748. The number of ether oxygens (including phenoxy) is 1. The first-order valence-corrected chi connectivity index (χ1v) is 14.4. The van der Waals surface area contributed by atoms with Crippen molar-refractivity contribution < 1.29 is 35.1 Å². The molecule has 0 spiro atoms. The lowest BCUT2D eigenvalue weighted by Crippen LogP contribution is -2.68. The van der Waals surface area contributed by atoms with Gasteiger partial charge in [0.05, 0.1) is 30.5 Å². The van der Waals surface area contributed by atoms with Crippen LogP contribution < -0.4 is 0 Å². The van der Waals surface area contributed by atoms with E-state index < -0.39 is 42.0 Å². The zero-order chi connectivity index (χ0) is 26.3. The predicted molar refractivity (Wildman–Crippen MR) is 133 cm³/mol. The van der Waals surface area contributed by atoms with Gasteiger partial charge in [0.2, 0.25) is 0 Å². The Kier molecular flexibility index (Phi) is 6.96. The van der Waals surface area contributed by atoms with E-state index in [2.05, 4.69) is 34.6 Å². The molecule has 0 aromatic rings. The monoisotopic (exact) mass is 508 g/mol. The highest BCUT2D eigenvalue weighted by atomic mass is 16.6. The second-order valence-electron chi connectivity index (χ2n) is 14.1. The second kappa shape index (κ2) is 9.27. The molecule has 0 aromatic heterocycles. The maximum Gasteiger partial charge on any atom is 0.155 e. The molecule has 0 amide bonds. The Labute approximate surface area is 215 Å². The van der Waals surface area contributed by atoms with Crippen molar-refractivity contribution >= 4 is 5.78 Å². The highest BCUT2D eigenvalue weighted by Gasteiger charge is 2.69. The minimum absolute atomic E-state index is 0.0113. The summed E-state index contributed by atoms with van der Waals surface area (Å²) in [4.78, 5) is 13.8. The summed E-state index contributed by atoms with van der Waals surface area (Å²) in [6.45, 7) is 10.8. The summed E-state index contributed by atoms with van der Waals surface area (Å²) in [5.74, 6) is -0.0824. The van der Waals surface area contributed by atoms with Gasteiger partial charge in [-0.2, -0.15) is 0 Å². The summed E-state index contributed by atoms with van der Waals surface area (Å²) in [5, 5.41) is 54.3. The number of carbonyl (C=O) groups excluding carboxylic acids is 1. The van der Waals surface area contributed by atoms with Gasteiger partial charge in [-0.05, 0) is 72.5 Å². The molecule has 1 heterocycles. The van der Waals surface area contributed by atoms with Crippen molar-refractivity contribution in [3.63, 3.8) is 0 Å². The van der Waals surface area contributed by atoms with E-state index >= 15 is 0 Å². The average Bonchev–Trinajstić information content (AvgIpc) is 3.09. The highest BCUT2D eigenvalue weighted by Crippen LogP contribution is 2.67. The number of carbonyl (C=O) groups is 1. The summed E-state index contributed by atoms with van der Waals surface area (Å²) < 4.78 is 6.06. The Hall–Kier alpha value is -0.570. The van der Waals surface area contributed by atoms with Crippen molar-refractivity contribution in [2.24, 2.45) is 58.2 Å². The number of rotatable bonds is 3. The van der Waals surface area contributed by atoms with Crippen LogP contribution in [0.25, 0.3) is 0 Å². The molecule has 5 rings (SSSR count). The Morgan fingerprint density at radius 3 is 2.22 bits per heavy atom. The first-order valence-electron chi connectivity index (χ1n) is 14.4. The normalized spacial score (nSPS) is 56.1. The quantitative estimate of drug-likeness (QED) is 0.396. The van der Waals surface area contributed by atoms with E-state index in [1.54, 1.807) is 0 Å². The van der Waals surface area contributed by atoms with Gasteiger partial charge in [0.1, 0.15) is 5.78 Å². The molecule has 0 aromatic carbocycles. The number of aliphatic hydroxyl groups is 5. The average molecular weight is 509 g/mol. The van der Waals surface area contributed by atoms with Gasteiger partial charge in [-0.15, -0.1) is 0 Å². The Bertz CT molecular complexity index is 847. The molecule has 5 fully saturated rings. The van der Waals surface area contributed by atoms with Gasteiger partial charge in [0, 0.05) is 30.6 Å². The smallest absolute Gasteiger partial charge is 0.155 e. The molecule has 7 heteroatoms. The van der Waals surface area contributed by atoms with Crippen LogP contribution in [0.5, 0.6) is 0 Å². The minimum atomic E-state index is -1.17. The topological polar surface area (TPSA) is 127 Å². The lowest BCUT2D eigenvalue weighted by Gasteiger charge is -2.64. The number of hydrogen-bond donors (Lipinski definition) is 5. The van der Waals surface area contributed by atoms with Crippen molar-refractivity contribution in [1.29, 1.82) is 0 Å².